The number of halogens is 1. The molecular weight excluding hydrogens is 332 g/mol. The molecule has 2 heterocycles. The van der Waals surface area contributed by atoms with Gasteiger partial charge in [0.1, 0.15) is 0 Å². The van der Waals surface area contributed by atoms with Crippen LogP contribution in [0.25, 0.3) is 0 Å². The summed E-state index contributed by atoms with van der Waals surface area (Å²) in [6.45, 7) is 12.7. The van der Waals surface area contributed by atoms with Crippen LogP contribution >= 0.6 is 27.3 Å². The fraction of sp³-hybridized carbons (Fsp3) is 0.750. The fourth-order valence-electron chi connectivity index (χ4n) is 2.92. The Balaban J connectivity index is 2.07. The quantitative estimate of drug-likeness (QED) is 0.841. The predicted octanol–water partition coefficient (Wildman–Crippen LogP) is 4.36. The van der Waals surface area contributed by atoms with Crippen molar-refractivity contribution in [3.05, 3.63) is 20.8 Å². The standard InChI is InChI=1S/C16H27BrN2S/c1-11(2)7-13-8-18-15(12(3)4)9-19(13)10-16-14(17)5-6-20-16/h5-6,11-13,15,18H,7-10H2,1-4H3. The highest BCUT2D eigenvalue weighted by atomic mass is 79.9. The molecule has 0 amide bonds. The van der Waals surface area contributed by atoms with Gasteiger partial charge >= 0.3 is 0 Å². The minimum absolute atomic E-state index is 0.622. The van der Waals surface area contributed by atoms with Crippen LogP contribution in [0.15, 0.2) is 15.9 Å². The summed E-state index contributed by atoms with van der Waals surface area (Å²) >= 11 is 5.54. The minimum Gasteiger partial charge on any atom is -0.311 e. The lowest BCUT2D eigenvalue weighted by Gasteiger charge is -2.42. The van der Waals surface area contributed by atoms with E-state index in [1.54, 1.807) is 0 Å². The molecule has 0 spiro atoms. The highest BCUT2D eigenvalue weighted by molar-refractivity contribution is 9.10. The van der Waals surface area contributed by atoms with Gasteiger partial charge in [-0.2, -0.15) is 0 Å². The van der Waals surface area contributed by atoms with Crippen molar-refractivity contribution in [2.24, 2.45) is 11.8 Å². The third kappa shape index (κ3) is 4.30. The van der Waals surface area contributed by atoms with E-state index in [4.69, 9.17) is 0 Å². The van der Waals surface area contributed by atoms with Crippen molar-refractivity contribution in [1.82, 2.24) is 10.2 Å². The Kier molecular flexibility index (Phi) is 6.09. The first-order valence-corrected chi connectivity index (χ1v) is 9.34. The Bertz CT molecular complexity index is 416. The number of thiophene rings is 1. The second-order valence-electron chi connectivity index (χ2n) is 6.66. The van der Waals surface area contributed by atoms with E-state index < -0.39 is 0 Å². The van der Waals surface area contributed by atoms with Gasteiger partial charge < -0.3 is 5.32 Å². The van der Waals surface area contributed by atoms with E-state index in [9.17, 15) is 0 Å². The Labute approximate surface area is 136 Å². The normalized spacial score (nSPS) is 24.8. The van der Waals surface area contributed by atoms with E-state index in [-0.39, 0.29) is 0 Å². The molecule has 1 aliphatic rings. The van der Waals surface area contributed by atoms with Crippen LogP contribution in [-0.4, -0.2) is 30.1 Å². The molecule has 2 unspecified atom stereocenters. The number of rotatable bonds is 5. The number of nitrogens with zero attached hydrogens (tertiary/aromatic N) is 1. The molecule has 1 fully saturated rings. The highest BCUT2D eigenvalue weighted by Gasteiger charge is 2.30. The third-order valence-corrected chi connectivity index (χ3v) is 6.06. The Morgan fingerprint density at radius 1 is 1.40 bits per heavy atom. The van der Waals surface area contributed by atoms with E-state index in [2.05, 4.69) is 65.3 Å². The molecule has 1 saturated heterocycles. The summed E-state index contributed by atoms with van der Waals surface area (Å²) in [6.07, 6.45) is 1.28. The molecule has 0 aromatic carbocycles. The Hall–Kier alpha value is 0.100. The monoisotopic (exact) mass is 358 g/mol. The summed E-state index contributed by atoms with van der Waals surface area (Å²) in [5.41, 5.74) is 0. The van der Waals surface area contributed by atoms with Gasteiger partial charge in [-0.1, -0.05) is 27.7 Å². The lowest BCUT2D eigenvalue weighted by molar-refractivity contribution is 0.0932. The van der Waals surface area contributed by atoms with Gasteiger partial charge in [0.2, 0.25) is 0 Å². The van der Waals surface area contributed by atoms with E-state index in [0.29, 0.717) is 18.0 Å². The van der Waals surface area contributed by atoms with Gasteiger partial charge in [0.05, 0.1) is 0 Å². The molecule has 1 aromatic rings. The first-order chi connectivity index (χ1) is 9.47. The largest absolute Gasteiger partial charge is 0.311 e. The molecule has 2 rings (SSSR count). The van der Waals surface area contributed by atoms with Crippen molar-refractivity contribution < 1.29 is 0 Å². The summed E-state index contributed by atoms with van der Waals surface area (Å²) in [7, 11) is 0. The molecule has 0 saturated carbocycles. The van der Waals surface area contributed by atoms with Gasteiger partial charge in [-0.25, -0.2) is 0 Å². The highest BCUT2D eigenvalue weighted by Crippen LogP contribution is 2.27. The maximum atomic E-state index is 3.75. The summed E-state index contributed by atoms with van der Waals surface area (Å²) in [6, 6.07) is 3.45. The zero-order valence-electron chi connectivity index (χ0n) is 13.0. The van der Waals surface area contributed by atoms with Crippen LogP contribution < -0.4 is 5.32 Å². The topological polar surface area (TPSA) is 15.3 Å². The number of hydrogen-bond acceptors (Lipinski definition) is 3. The number of nitrogens with one attached hydrogen (secondary N) is 1. The SMILES string of the molecule is CC(C)CC1CNC(C(C)C)CN1Cc1sccc1Br. The minimum atomic E-state index is 0.622. The maximum absolute atomic E-state index is 3.75. The molecular formula is C16H27BrN2S. The molecule has 1 aromatic heterocycles. The second kappa shape index (κ2) is 7.39. The number of piperazine rings is 1. The Morgan fingerprint density at radius 2 is 2.15 bits per heavy atom. The van der Waals surface area contributed by atoms with Gasteiger partial charge in [-0.3, -0.25) is 4.90 Å². The van der Waals surface area contributed by atoms with Gasteiger partial charge in [0, 0.05) is 41.1 Å². The van der Waals surface area contributed by atoms with Crippen LogP contribution in [0.3, 0.4) is 0 Å². The summed E-state index contributed by atoms with van der Waals surface area (Å²) in [5, 5.41) is 5.93. The van der Waals surface area contributed by atoms with Gasteiger partial charge in [0.15, 0.2) is 0 Å². The molecule has 1 aliphatic heterocycles. The molecule has 4 heteroatoms. The van der Waals surface area contributed by atoms with Crippen molar-refractivity contribution in [2.75, 3.05) is 13.1 Å². The third-order valence-electron chi connectivity index (χ3n) is 4.15. The lowest BCUT2D eigenvalue weighted by atomic mass is 9.95. The van der Waals surface area contributed by atoms with Gasteiger partial charge in [-0.15, -0.1) is 11.3 Å². The van der Waals surface area contributed by atoms with Crippen molar-refractivity contribution in [1.29, 1.82) is 0 Å². The molecule has 1 N–H and O–H groups in total. The smallest absolute Gasteiger partial charge is 0.0343 e. The van der Waals surface area contributed by atoms with E-state index >= 15 is 0 Å². The Morgan fingerprint density at radius 3 is 2.70 bits per heavy atom. The zero-order valence-corrected chi connectivity index (χ0v) is 15.4. The van der Waals surface area contributed by atoms with E-state index in [0.717, 1.165) is 19.0 Å². The van der Waals surface area contributed by atoms with E-state index in [1.807, 2.05) is 11.3 Å². The fourth-order valence-corrected chi connectivity index (χ4v) is 4.42. The van der Waals surface area contributed by atoms with Gasteiger partial charge in [-0.05, 0) is 45.6 Å². The van der Waals surface area contributed by atoms with Crippen LogP contribution in [0.5, 0.6) is 0 Å². The molecule has 0 aliphatic carbocycles. The average Bonchev–Trinajstić information content (AvgIpc) is 2.76. The predicted molar refractivity (Wildman–Crippen MR) is 92.3 cm³/mol. The second-order valence-corrected chi connectivity index (χ2v) is 8.52. The molecule has 2 nitrogen and oxygen atoms in total. The first kappa shape index (κ1) is 16.5. The molecule has 2 atom stereocenters. The number of hydrogen-bond donors (Lipinski definition) is 1. The maximum Gasteiger partial charge on any atom is 0.0343 e. The van der Waals surface area contributed by atoms with Crippen LogP contribution in [0.4, 0.5) is 0 Å². The van der Waals surface area contributed by atoms with Crippen molar-refractivity contribution >= 4 is 27.3 Å². The average molecular weight is 359 g/mol. The molecule has 20 heavy (non-hydrogen) atoms. The van der Waals surface area contributed by atoms with E-state index in [1.165, 1.54) is 22.3 Å². The molecule has 114 valence electrons. The van der Waals surface area contributed by atoms with Crippen molar-refractivity contribution in [3.8, 4) is 0 Å². The summed E-state index contributed by atoms with van der Waals surface area (Å²) in [5.74, 6) is 1.45. The van der Waals surface area contributed by atoms with Crippen LogP contribution in [0.1, 0.15) is 39.0 Å². The zero-order chi connectivity index (χ0) is 14.7. The summed E-state index contributed by atoms with van der Waals surface area (Å²) < 4.78 is 1.27. The van der Waals surface area contributed by atoms with Crippen LogP contribution in [0, 0.1) is 11.8 Å². The van der Waals surface area contributed by atoms with Crippen LogP contribution in [0.2, 0.25) is 0 Å². The summed E-state index contributed by atoms with van der Waals surface area (Å²) in [4.78, 5) is 4.15. The lowest BCUT2D eigenvalue weighted by Crippen LogP contribution is -2.57. The van der Waals surface area contributed by atoms with Crippen molar-refractivity contribution in [2.45, 2.75) is 52.7 Å². The van der Waals surface area contributed by atoms with Crippen LogP contribution in [-0.2, 0) is 6.54 Å². The molecule has 0 radical (unpaired) electrons. The van der Waals surface area contributed by atoms with Crippen molar-refractivity contribution in [3.63, 3.8) is 0 Å². The first-order valence-electron chi connectivity index (χ1n) is 7.66. The van der Waals surface area contributed by atoms with Gasteiger partial charge in [0.25, 0.3) is 0 Å². The molecule has 0 bridgehead atoms.